The molecule has 0 spiro atoms. The third-order valence-corrected chi connectivity index (χ3v) is 2.75. The first-order chi connectivity index (χ1) is 7.61. The van der Waals surface area contributed by atoms with Gasteiger partial charge in [-0.1, -0.05) is 16.9 Å². The fraction of sp³-hybridized carbons (Fsp3) is 0.444. The molecule has 0 radical (unpaired) electrons. The van der Waals surface area contributed by atoms with Crippen LogP contribution in [0.25, 0.3) is 0 Å². The number of thioether (sulfide) groups is 1. The number of hydrogen-bond acceptors (Lipinski definition) is 5. The first-order valence-electron chi connectivity index (χ1n) is 4.79. The Bertz CT molecular complexity index is 430. The molecule has 1 heterocycles. The second-order valence-electron chi connectivity index (χ2n) is 3.24. The number of nitrogens with two attached hydrogens (primary N) is 1. The zero-order chi connectivity index (χ0) is 12.0. The maximum Gasteiger partial charge on any atom is 0.251 e. The van der Waals surface area contributed by atoms with Crippen LogP contribution < -0.4 is 11.3 Å². The first kappa shape index (κ1) is 12.6. The number of aromatic amines is 1. The number of amidine groups is 1. The van der Waals surface area contributed by atoms with Crippen molar-refractivity contribution in [1.29, 1.82) is 0 Å². The molecule has 0 bridgehead atoms. The fourth-order valence-corrected chi connectivity index (χ4v) is 1.96. The van der Waals surface area contributed by atoms with Crippen molar-refractivity contribution in [2.45, 2.75) is 24.9 Å². The normalized spacial score (nSPS) is 11.7. The van der Waals surface area contributed by atoms with Crippen LogP contribution in [-0.2, 0) is 0 Å². The van der Waals surface area contributed by atoms with Gasteiger partial charge in [-0.2, -0.15) is 0 Å². The third-order valence-electron chi connectivity index (χ3n) is 1.79. The number of aryl methyl sites for hydroxylation is 1. The van der Waals surface area contributed by atoms with Crippen LogP contribution in [0.5, 0.6) is 0 Å². The van der Waals surface area contributed by atoms with Gasteiger partial charge in [0.1, 0.15) is 5.84 Å². The summed E-state index contributed by atoms with van der Waals surface area (Å²) in [4.78, 5) is 17.9. The number of nitrogens with one attached hydrogen (secondary N) is 1. The van der Waals surface area contributed by atoms with E-state index in [-0.39, 0.29) is 11.4 Å². The molecule has 0 aliphatic carbocycles. The van der Waals surface area contributed by atoms with Crippen LogP contribution in [-0.4, -0.2) is 26.8 Å². The van der Waals surface area contributed by atoms with Crippen molar-refractivity contribution in [3.8, 4) is 0 Å². The summed E-state index contributed by atoms with van der Waals surface area (Å²) in [5.41, 5.74) is 5.87. The van der Waals surface area contributed by atoms with E-state index in [4.69, 9.17) is 10.9 Å². The minimum absolute atomic E-state index is 0.147. The van der Waals surface area contributed by atoms with Gasteiger partial charge in [0.15, 0.2) is 5.16 Å². The molecule has 7 heteroatoms. The van der Waals surface area contributed by atoms with Crippen molar-refractivity contribution in [2.75, 3.05) is 5.75 Å². The topological polar surface area (TPSA) is 104 Å². The average Bonchev–Trinajstić information content (AvgIpc) is 2.22. The summed E-state index contributed by atoms with van der Waals surface area (Å²) in [7, 11) is 0. The maximum atomic E-state index is 11.1. The quantitative estimate of drug-likeness (QED) is 0.134. The van der Waals surface area contributed by atoms with Crippen molar-refractivity contribution >= 4 is 17.6 Å². The molecule has 0 aromatic carbocycles. The molecule has 88 valence electrons. The van der Waals surface area contributed by atoms with E-state index in [1.165, 1.54) is 17.8 Å². The number of nitrogens with zero attached hydrogens (tertiary/aromatic N) is 2. The van der Waals surface area contributed by atoms with Crippen LogP contribution in [0.1, 0.15) is 18.5 Å². The average molecular weight is 242 g/mol. The van der Waals surface area contributed by atoms with E-state index >= 15 is 0 Å². The summed E-state index contributed by atoms with van der Waals surface area (Å²) < 4.78 is 0. The second kappa shape index (κ2) is 6.16. The molecule has 0 aliphatic rings. The van der Waals surface area contributed by atoms with Gasteiger partial charge in [-0.05, 0) is 13.3 Å². The van der Waals surface area contributed by atoms with Crippen molar-refractivity contribution in [3.63, 3.8) is 0 Å². The predicted octanol–water partition coefficient (Wildman–Crippen LogP) is 0.697. The lowest BCUT2D eigenvalue weighted by Crippen LogP contribution is -2.11. The Kier molecular flexibility index (Phi) is 4.84. The van der Waals surface area contributed by atoms with Crippen molar-refractivity contribution < 1.29 is 5.21 Å². The largest absolute Gasteiger partial charge is 0.409 e. The molecule has 0 amide bonds. The van der Waals surface area contributed by atoms with E-state index in [0.29, 0.717) is 17.3 Å². The number of H-pyrrole nitrogens is 1. The highest BCUT2D eigenvalue weighted by Gasteiger charge is 2.00. The fourth-order valence-electron chi connectivity index (χ4n) is 1.09. The predicted molar refractivity (Wildman–Crippen MR) is 63.0 cm³/mol. The Morgan fingerprint density at radius 2 is 2.50 bits per heavy atom. The Morgan fingerprint density at radius 3 is 3.12 bits per heavy atom. The highest BCUT2D eigenvalue weighted by Crippen LogP contribution is 2.13. The molecule has 4 N–H and O–H groups in total. The van der Waals surface area contributed by atoms with Crippen molar-refractivity contribution in [2.24, 2.45) is 10.9 Å². The molecular weight excluding hydrogens is 228 g/mol. The van der Waals surface area contributed by atoms with Crippen LogP contribution in [0.3, 0.4) is 0 Å². The maximum absolute atomic E-state index is 11.1. The molecule has 6 nitrogen and oxygen atoms in total. The van der Waals surface area contributed by atoms with Crippen LogP contribution in [0.2, 0.25) is 0 Å². The van der Waals surface area contributed by atoms with E-state index in [1.54, 1.807) is 6.92 Å². The minimum atomic E-state index is -0.147. The van der Waals surface area contributed by atoms with Gasteiger partial charge in [0.2, 0.25) is 0 Å². The lowest BCUT2D eigenvalue weighted by atomic mass is 10.3. The summed E-state index contributed by atoms with van der Waals surface area (Å²) in [6, 6.07) is 1.44. The Hall–Kier alpha value is -1.50. The number of oxime groups is 1. The Balaban J connectivity index is 2.40. The van der Waals surface area contributed by atoms with Gasteiger partial charge in [0, 0.05) is 23.9 Å². The van der Waals surface area contributed by atoms with Crippen LogP contribution in [0.15, 0.2) is 21.2 Å². The lowest BCUT2D eigenvalue weighted by molar-refractivity contribution is 0.317. The van der Waals surface area contributed by atoms with Crippen molar-refractivity contribution in [3.05, 3.63) is 22.1 Å². The molecule has 0 aliphatic heterocycles. The molecule has 16 heavy (non-hydrogen) atoms. The number of aromatic nitrogens is 2. The molecule has 1 aromatic rings. The van der Waals surface area contributed by atoms with Gasteiger partial charge in [0.25, 0.3) is 5.56 Å². The van der Waals surface area contributed by atoms with Crippen molar-refractivity contribution in [1.82, 2.24) is 9.97 Å². The molecule has 0 unspecified atom stereocenters. The zero-order valence-corrected chi connectivity index (χ0v) is 9.75. The van der Waals surface area contributed by atoms with E-state index in [9.17, 15) is 4.79 Å². The SMILES string of the molecule is Cc1cc(=O)[nH]c(SCCC/C(N)=N/O)n1. The number of hydrogen-bond donors (Lipinski definition) is 3. The zero-order valence-electron chi connectivity index (χ0n) is 8.93. The van der Waals surface area contributed by atoms with E-state index in [0.717, 1.165) is 12.2 Å². The smallest absolute Gasteiger partial charge is 0.251 e. The van der Waals surface area contributed by atoms with Gasteiger partial charge >= 0.3 is 0 Å². The van der Waals surface area contributed by atoms with Crippen LogP contribution >= 0.6 is 11.8 Å². The highest BCUT2D eigenvalue weighted by molar-refractivity contribution is 7.99. The molecule has 0 saturated carbocycles. The molecule has 0 saturated heterocycles. The van der Waals surface area contributed by atoms with Gasteiger partial charge in [-0.25, -0.2) is 4.98 Å². The van der Waals surface area contributed by atoms with Gasteiger partial charge in [-0.15, -0.1) is 0 Å². The van der Waals surface area contributed by atoms with Crippen LogP contribution in [0, 0.1) is 6.92 Å². The van der Waals surface area contributed by atoms with Gasteiger partial charge in [0.05, 0.1) is 0 Å². The van der Waals surface area contributed by atoms with E-state index in [2.05, 4.69) is 15.1 Å². The number of rotatable bonds is 5. The first-order valence-corrected chi connectivity index (χ1v) is 5.77. The Labute approximate surface area is 97.0 Å². The second-order valence-corrected chi connectivity index (χ2v) is 4.32. The molecule has 1 rings (SSSR count). The summed E-state index contributed by atoms with van der Waals surface area (Å²) in [6.07, 6.45) is 1.29. The van der Waals surface area contributed by atoms with Crippen LogP contribution in [0.4, 0.5) is 0 Å². The summed E-state index contributed by atoms with van der Waals surface area (Å²) >= 11 is 1.44. The molecule has 1 aromatic heterocycles. The third kappa shape index (κ3) is 4.35. The minimum Gasteiger partial charge on any atom is -0.409 e. The van der Waals surface area contributed by atoms with E-state index < -0.39 is 0 Å². The highest BCUT2D eigenvalue weighted by atomic mass is 32.2. The van der Waals surface area contributed by atoms with E-state index in [1.807, 2.05) is 0 Å². The molecule has 0 fully saturated rings. The standard InChI is InChI=1S/C9H14N4O2S/c1-6-5-8(14)12-9(11-6)16-4-2-3-7(10)13-15/h5,15H,2-4H2,1H3,(H2,10,13)(H,11,12,14). The molecular formula is C9H14N4O2S. The van der Waals surface area contributed by atoms with Gasteiger partial charge < -0.3 is 15.9 Å². The summed E-state index contributed by atoms with van der Waals surface area (Å²) in [5, 5.41) is 11.8. The summed E-state index contributed by atoms with van der Waals surface area (Å²) in [5.74, 6) is 0.967. The lowest BCUT2D eigenvalue weighted by Gasteiger charge is -2.01. The monoisotopic (exact) mass is 242 g/mol. The molecule has 0 atom stereocenters. The summed E-state index contributed by atoms with van der Waals surface area (Å²) in [6.45, 7) is 1.77. The van der Waals surface area contributed by atoms with Gasteiger partial charge in [-0.3, -0.25) is 4.79 Å². The Morgan fingerprint density at radius 1 is 1.75 bits per heavy atom.